The molecule has 1 aliphatic rings. The molecule has 3 rings (SSSR count). The van der Waals surface area contributed by atoms with E-state index in [4.69, 9.17) is 11.8 Å². The fourth-order valence-corrected chi connectivity index (χ4v) is 3.13. The highest BCUT2D eigenvalue weighted by atomic mass is 16.6. The molecule has 0 bridgehead atoms. The van der Waals surface area contributed by atoms with Crippen LogP contribution in [0.3, 0.4) is 0 Å². The third kappa shape index (κ3) is 4.40. The molecule has 9 nitrogen and oxygen atoms in total. The number of hydrogen-bond donors (Lipinski definition) is 1. The highest BCUT2D eigenvalue weighted by molar-refractivity contribution is 6.02. The predicted octanol–water partition coefficient (Wildman–Crippen LogP) is 1.93. The molecular weight excluding hydrogens is 378 g/mol. The van der Waals surface area contributed by atoms with E-state index < -0.39 is 35.1 Å². The summed E-state index contributed by atoms with van der Waals surface area (Å²) in [5, 5.41) is 11.2. The number of benzene rings is 2. The lowest BCUT2D eigenvalue weighted by Gasteiger charge is -2.24. The number of carbonyl (C=O) groups excluding carboxylic acids is 3. The van der Waals surface area contributed by atoms with Gasteiger partial charge in [-0.05, 0) is 18.1 Å². The zero-order valence-corrected chi connectivity index (χ0v) is 15.4. The first-order valence-electron chi connectivity index (χ1n) is 9.31. The van der Waals surface area contributed by atoms with Gasteiger partial charge in [0.25, 0.3) is 11.6 Å². The Balaban J connectivity index is 1.72. The average Bonchev–Trinajstić information content (AvgIpc) is 3.08. The molecule has 9 heteroatoms. The summed E-state index contributed by atoms with van der Waals surface area (Å²) >= 11 is 0. The van der Waals surface area contributed by atoms with Crippen LogP contribution in [0.4, 0.5) is 5.69 Å². The number of rotatable bonds is 8. The van der Waals surface area contributed by atoms with Crippen LogP contribution in [0.2, 0.25) is 0 Å². The third-order valence-electron chi connectivity index (χ3n) is 4.56. The second-order valence-electron chi connectivity index (χ2n) is 6.41. The first-order chi connectivity index (χ1) is 14.2. The fourth-order valence-electron chi connectivity index (χ4n) is 3.13. The van der Waals surface area contributed by atoms with Gasteiger partial charge in [0.2, 0.25) is 5.91 Å². The van der Waals surface area contributed by atoms with E-state index in [1.807, 2.05) is 6.07 Å². The molecule has 29 heavy (non-hydrogen) atoms. The minimum absolute atomic E-state index is 0.0293. The minimum Gasteiger partial charge on any atom is -0.461 e. The van der Waals surface area contributed by atoms with Crippen LogP contribution in [-0.2, 0) is 27.5 Å². The van der Waals surface area contributed by atoms with Crippen LogP contribution in [0.1, 0.15) is 35.7 Å². The summed E-state index contributed by atoms with van der Waals surface area (Å²) in [6, 6.07) is 10.7. The Bertz CT molecular complexity index is 1010. The van der Waals surface area contributed by atoms with Gasteiger partial charge in [0, 0.05) is 12.5 Å². The molecule has 2 amide bonds. The van der Waals surface area contributed by atoms with E-state index in [1.54, 1.807) is 24.3 Å². The number of esters is 1. The van der Waals surface area contributed by atoms with E-state index in [-0.39, 0.29) is 36.4 Å². The maximum Gasteiger partial charge on any atom is 0.306 e. The Hall–Kier alpha value is -3.75. The van der Waals surface area contributed by atoms with Crippen molar-refractivity contribution in [3.8, 4) is 0 Å². The van der Waals surface area contributed by atoms with Crippen molar-refractivity contribution in [3.63, 3.8) is 0 Å². The largest absolute Gasteiger partial charge is 0.461 e. The number of hydrogen-bond acceptors (Lipinski definition) is 6. The van der Waals surface area contributed by atoms with Crippen molar-refractivity contribution in [2.24, 2.45) is 5.73 Å². The number of ether oxygens (including phenoxy) is 1. The van der Waals surface area contributed by atoms with Crippen LogP contribution in [-0.4, -0.2) is 33.6 Å². The molecular formula is C20H19N3O6. The number of fused-ring (bicyclic) bond motifs is 1. The van der Waals surface area contributed by atoms with Gasteiger partial charge < -0.3 is 15.4 Å². The van der Waals surface area contributed by atoms with E-state index in [2.05, 4.69) is 0 Å². The van der Waals surface area contributed by atoms with Gasteiger partial charge in [-0.3, -0.25) is 24.5 Å². The van der Waals surface area contributed by atoms with Crippen molar-refractivity contribution in [1.82, 2.24) is 4.90 Å². The lowest BCUT2D eigenvalue weighted by molar-refractivity contribution is -0.385. The summed E-state index contributed by atoms with van der Waals surface area (Å²) in [5.41, 5.74) is 6.03. The van der Waals surface area contributed by atoms with Gasteiger partial charge >= 0.3 is 5.97 Å². The van der Waals surface area contributed by atoms with E-state index in [0.29, 0.717) is 0 Å². The maximum absolute atomic E-state index is 12.7. The van der Waals surface area contributed by atoms with Gasteiger partial charge in [-0.2, -0.15) is 0 Å². The van der Waals surface area contributed by atoms with Gasteiger partial charge in [-0.1, -0.05) is 36.4 Å². The first kappa shape index (κ1) is 18.6. The molecule has 1 unspecified atom stereocenters. The Labute approximate surface area is 167 Å². The number of nitro groups is 1. The SMILES string of the molecule is [2H]C(CCC(=O)OCc1ccccc1)(C(N)=O)N1Cc2c(cccc2[N+](=O)[O-])C1=O. The molecule has 0 saturated heterocycles. The number of amides is 2. The Morgan fingerprint density at radius 1 is 1.24 bits per heavy atom. The van der Waals surface area contributed by atoms with E-state index >= 15 is 0 Å². The van der Waals surface area contributed by atoms with Crippen molar-refractivity contribution in [2.75, 3.05) is 0 Å². The molecule has 0 spiro atoms. The van der Waals surface area contributed by atoms with Crippen molar-refractivity contribution in [3.05, 3.63) is 75.3 Å². The maximum atomic E-state index is 12.7. The number of nitrogens with two attached hydrogens (primary N) is 1. The minimum atomic E-state index is -2.25. The van der Waals surface area contributed by atoms with Crippen LogP contribution in [0.25, 0.3) is 0 Å². The number of nitro benzene ring substituents is 1. The second-order valence-corrected chi connectivity index (χ2v) is 6.41. The molecule has 0 aliphatic carbocycles. The third-order valence-corrected chi connectivity index (χ3v) is 4.56. The molecule has 1 atom stereocenters. The quantitative estimate of drug-likeness (QED) is 0.410. The highest BCUT2D eigenvalue weighted by Crippen LogP contribution is 2.32. The Morgan fingerprint density at radius 3 is 2.62 bits per heavy atom. The molecule has 150 valence electrons. The molecule has 2 N–H and O–H groups in total. The summed E-state index contributed by atoms with van der Waals surface area (Å²) in [6.45, 7) is -0.293. The monoisotopic (exact) mass is 398 g/mol. The van der Waals surface area contributed by atoms with Crippen molar-refractivity contribution in [2.45, 2.75) is 32.0 Å². The molecule has 0 fully saturated rings. The smallest absolute Gasteiger partial charge is 0.306 e. The van der Waals surface area contributed by atoms with Crippen molar-refractivity contribution >= 4 is 23.5 Å². The van der Waals surface area contributed by atoms with Gasteiger partial charge in [-0.25, -0.2) is 0 Å². The molecule has 0 aromatic heterocycles. The van der Waals surface area contributed by atoms with Crippen LogP contribution in [0, 0.1) is 10.1 Å². The van der Waals surface area contributed by atoms with Crippen molar-refractivity contribution < 1.29 is 25.4 Å². The fraction of sp³-hybridized carbons (Fsp3) is 0.250. The summed E-state index contributed by atoms with van der Waals surface area (Å²) in [4.78, 5) is 48.4. The molecule has 2 aromatic rings. The average molecular weight is 398 g/mol. The van der Waals surface area contributed by atoms with Gasteiger partial charge in [-0.15, -0.1) is 0 Å². The zero-order valence-electron chi connectivity index (χ0n) is 16.4. The first-order valence-corrected chi connectivity index (χ1v) is 8.81. The topological polar surface area (TPSA) is 133 Å². The zero-order chi connectivity index (χ0) is 21.9. The molecule has 2 aromatic carbocycles. The molecule has 1 heterocycles. The van der Waals surface area contributed by atoms with Crippen LogP contribution in [0.15, 0.2) is 48.5 Å². The van der Waals surface area contributed by atoms with Gasteiger partial charge in [0.15, 0.2) is 0 Å². The van der Waals surface area contributed by atoms with Gasteiger partial charge in [0.05, 0.1) is 24.0 Å². The van der Waals surface area contributed by atoms with E-state index in [1.165, 1.54) is 18.2 Å². The second kappa shape index (κ2) is 8.51. The van der Waals surface area contributed by atoms with E-state index in [9.17, 15) is 24.5 Å². The lowest BCUT2D eigenvalue weighted by atomic mass is 10.1. The number of carbonyl (C=O) groups is 3. The summed E-state index contributed by atoms with van der Waals surface area (Å²) in [7, 11) is 0. The van der Waals surface area contributed by atoms with Crippen molar-refractivity contribution in [1.29, 1.82) is 0 Å². The lowest BCUT2D eigenvalue weighted by Crippen LogP contribution is -2.45. The summed E-state index contributed by atoms with van der Waals surface area (Å²) < 4.78 is 13.6. The number of nitrogens with zero attached hydrogens (tertiary/aromatic N) is 2. The highest BCUT2D eigenvalue weighted by Gasteiger charge is 2.39. The molecule has 1 aliphatic heterocycles. The Morgan fingerprint density at radius 2 is 1.97 bits per heavy atom. The normalized spacial score (nSPS) is 15.2. The molecule has 0 radical (unpaired) electrons. The molecule has 0 saturated carbocycles. The number of primary amides is 1. The predicted molar refractivity (Wildman–Crippen MR) is 101 cm³/mol. The standard InChI is InChI=1S/C20H19N3O6/c21-19(25)17(9-10-18(24)29-12-13-5-2-1-3-6-13)22-11-15-14(20(22)26)7-4-8-16(15)23(27)28/h1-8,17H,9-12H2,(H2,21,25)/i17D. The van der Waals surface area contributed by atoms with Gasteiger partial charge in [0.1, 0.15) is 12.6 Å². The van der Waals surface area contributed by atoms with E-state index in [0.717, 1.165) is 10.5 Å². The van der Waals surface area contributed by atoms with Crippen LogP contribution < -0.4 is 5.73 Å². The van der Waals surface area contributed by atoms with Crippen LogP contribution >= 0.6 is 0 Å². The Kier molecular flexibility index (Phi) is 5.46. The van der Waals surface area contributed by atoms with Crippen LogP contribution in [0.5, 0.6) is 0 Å². The summed E-state index contributed by atoms with van der Waals surface area (Å²) in [5.74, 6) is -2.52. The summed E-state index contributed by atoms with van der Waals surface area (Å²) in [6.07, 6.45) is -0.731.